The van der Waals surface area contributed by atoms with Gasteiger partial charge in [0, 0.05) is 23.5 Å². The number of rotatable bonds is 13. The number of allylic oxidation sites excluding steroid dienone is 2. The molecule has 0 radical (unpaired) electrons. The summed E-state index contributed by atoms with van der Waals surface area (Å²) in [5.74, 6) is -0.765. The first-order chi connectivity index (χ1) is 21.9. The minimum absolute atomic E-state index is 0.0136. The van der Waals surface area contributed by atoms with Gasteiger partial charge >= 0.3 is 5.97 Å². The lowest BCUT2D eigenvalue weighted by atomic mass is 9.96. The van der Waals surface area contributed by atoms with Gasteiger partial charge in [-0.25, -0.2) is 8.78 Å². The minimum Gasteiger partial charge on any atom is -0.491 e. The van der Waals surface area contributed by atoms with Gasteiger partial charge in [-0.15, -0.1) is 0 Å². The number of anilines is 1. The van der Waals surface area contributed by atoms with Crippen LogP contribution in [0, 0.1) is 17.6 Å². The van der Waals surface area contributed by atoms with Crippen molar-refractivity contribution in [2.75, 3.05) is 11.9 Å². The van der Waals surface area contributed by atoms with E-state index in [0.29, 0.717) is 23.6 Å². The topological polar surface area (TPSA) is 80.6 Å². The molecule has 45 heavy (non-hydrogen) atoms. The zero-order valence-electron chi connectivity index (χ0n) is 24.5. The highest BCUT2D eigenvalue weighted by molar-refractivity contribution is 5.95. The second-order valence-corrected chi connectivity index (χ2v) is 11.2. The van der Waals surface area contributed by atoms with E-state index in [4.69, 9.17) is 9.84 Å². The van der Waals surface area contributed by atoms with Crippen LogP contribution in [0.25, 0.3) is 16.5 Å². The van der Waals surface area contributed by atoms with E-state index in [9.17, 15) is 18.4 Å². The number of hydrogen-bond acceptors (Lipinski definition) is 4. The number of halogens is 2. The van der Waals surface area contributed by atoms with Crippen LogP contribution in [-0.2, 0) is 9.59 Å². The van der Waals surface area contributed by atoms with Crippen molar-refractivity contribution >= 4 is 34.4 Å². The molecule has 0 amide bonds. The summed E-state index contributed by atoms with van der Waals surface area (Å²) in [4.78, 5) is 23.4. The fourth-order valence-corrected chi connectivity index (χ4v) is 5.75. The standard InChI is InChI=1S/C37H32F2N2O4/c38-29-14-9-25(10-15-29)37(26-11-16-30(39)17-12-26)41-20-19-27-22-28(13-18-33(27)41)36(24-7-8-24)32(23-42)40-31-4-1-2-5-34(31)45-21-3-6-35(43)44/h1-2,4-5,9-20,22-24,37,40H,3,6-8,21H2,(H,43,44)/b36-32-. The molecule has 2 N–H and O–H groups in total. The summed E-state index contributed by atoms with van der Waals surface area (Å²) in [7, 11) is 0. The Kier molecular flexibility index (Phi) is 8.73. The molecule has 0 atom stereocenters. The zero-order valence-corrected chi connectivity index (χ0v) is 24.5. The van der Waals surface area contributed by atoms with Crippen molar-refractivity contribution in [1.82, 2.24) is 4.57 Å². The third kappa shape index (κ3) is 6.80. The number of aliphatic carboxylic acids is 1. The Balaban J connectivity index is 1.35. The minimum atomic E-state index is -0.876. The highest BCUT2D eigenvalue weighted by atomic mass is 19.1. The lowest BCUT2D eigenvalue weighted by molar-refractivity contribution is -0.137. The fraction of sp³-hybridized carbons (Fsp3) is 0.189. The number of benzene rings is 4. The first-order valence-corrected chi connectivity index (χ1v) is 14.9. The van der Waals surface area contributed by atoms with Gasteiger partial charge in [0.15, 0.2) is 6.29 Å². The molecule has 1 aliphatic carbocycles. The molecule has 1 saturated carbocycles. The van der Waals surface area contributed by atoms with Gasteiger partial charge in [-0.1, -0.05) is 42.5 Å². The molecule has 1 aromatic heterocycles. The van der Waals surface area contributed by atoms with Gasteiger partial charge < -0.3 is 19.7 Å². The van der Waals surface area contributed by atoms with Crippen molar-refractivity contribution in [1.29, 1.82) is 0 Å². The molecule has 0 saturated heterocycles. The van der Waals surface area contributed by atoms with Crippen molar-refractivity contribution in [3.05, 3.63) is 137 Å². The van der Waals surface area contributed by atoms with E-state index in [-0.39, 0.29) is 36.6 Å². The molecule has 6 nitrogen and oxygen atoms in total. The van der Waals surface area contributed by atoms with Gasteiger partial charge in [0.05, 0.1) is 24.0 Å². The number of hydrogen-bond donors (Lipinski definition) is 2. The van der Waals surface area contributed by atoms with Crippen molar-refractivity contribution in [3.63, 3.8) is 0 Å². The summed E-state index contributed by atoms with van der Waals surface area (Å²) >= 11 is 0. The van der Waals surface area contributed by atoms with Crippen molar-refractivity contribution in [2.24, 2.45) is 5.92 Å². The van der Waals surface area contributed by atoms with Crippen molar-refractivity contribution in [2.45, 2.75) is 31.7 Å². The Labute approximate surface area is 259 Å². The number of nitrogens with zero attached hydrogens (tertiary/aromatic N) is 1. The number of carbonyl (C=O) groups excluding carboxylic acids is 1. The van der Waals surface area contributed by atoms with E-state index in [0.717, 1.165) is 52.3 Å². The lowest BCUT2D eigenvalue weighted by Crippen LogP contribution is -2.11. The third-order valence-electron chi connectivity index (χ3n) is 8.02. The number of nitrogens with one attached hydrogen (secondary N) is 1. The molecule has 1 fully saturated rings. The number of carbonyl (C=O) groups is 2. The summed E-state index contributed by atoms with van der Waals surface area (Å²) in [5.41, 5.74) is 5.59. The van der Waals surface area contributed by atoms with Gasteiger partial charge in [0.1, 0.15) is 17.4 Å². The quantitative estimate of drug-likeness (QED) is 0.0802. The molecule has 4 aromatic carbocycles. The van der Waals surface area contributed by atoms with Gasteiger partial charge in [0.25, 0.3) is 0 Å². The normalized spacial score (nSPS) is 13.5. The highest BCUT2D eigenvalue weighted by Crippen LogP contribution is 2.45. The second-order valence-electron chi connectivity index (χ2n) is 11.2. The molecule has 0 bridgehead atoms. The zero-order chi connectivity index (χ0) is 31.3. The summed E-state index contributed by atoms with van der Waals surface area (Å²) in [6.07, 6.45) is 5.14. The van der Waals surface area contributed by atoms with E-state index >= 15 is 0 Å². The molecular weight excluding hydrogens is 574 g/mol. The van der Waals surface area contributed by atoms with Crippen LogP contribution in [0.1, 0.15) is 48.4 Å². The lowest BCUT2D eigenvalue weighted by Gasteiger charge is -2.22. The van der Waals surface area contributed by atoms with Crippen LogP contribution in [0.2, 0.25) is 0 Å². The summed E-state index contributed by atoms with van der Waals surface area (Å²) < 4.78 is 35.6. The number of aromatic nitrogens is 1. The van der Waals surface area contributed by atoms with Crippen molar-refractivity contribution < 1.29 is 28.2 Å². The molecule has 1 heterocycles. The van der Waals surface area contributed by atoms with Gasteiger partial charge in [0.2, 0.25) is 0 Å². The molecule has 8 heteroatoms. The van der Waals surface area contributed by atoms with E-state index in [2.05, 4.69) is 16.0 Å². The monoisotopic (exact) mass is 606 g/mol. The number of ether oxygens (including phenoxy) is 1. The summed E-state index contributed by atoms with van der Waals surface area (Å²) in [6, 6.07) is 27.8. The maximum Gasteiger partial charge on any atom is 0.303 e. The van der Waals surface area contributed by atoms with Gasteiger partial charge in [-0.05, 0) is 102 Å². The molecule has 0 spiro atoms. The van der Waals surface area contributed by atoms with Crippen LogP contribution in [0.15, 0.2) is 109 Å². The molecule has 6 rings (SSSR count). The Hall–Kier alpha value is -5.24. The van der Waals surface area contributed by atoms with Crippen LogP contribution in [0.3, 0.4) is 0 Å². The van der Waals surface area contributed by atoms with Gasteiger partial charge in [-0.2, -0.15) is 0 Å². The molecule has 5 aromatic rings. The van der Waals surface area contributed by atoms with Crippen LogP contribution in [0.4, 0.5) is 14.5 Å². The smallest absolute Gasteiger partial charge is 0.303 e. The van der Waals surface area contributed by atoms with E-state index in [1.807, 2.05) is 42.6 Å². The van der Waals surface area contributed by atoms with Gasteiger partial charge in [-0.3, -0.25) is 9.59 Å². The Bertz CT molecular complexity index is 1810. The largest absolute Gasteiger partial charge is 0.491 e. The predicted molar refractivity (Wildman–Crippen MR) is 170 cm³/mol. The third-order valence-corrected chi connectivity index (χ3v) is 8.02. The summed E-state index contributed by atoms with van der Waals surface area (Å²) in [5, 5.41) is 13.2. The average molecular weight is 607 g/mol. The Morgan fingerprint density at radius 1 is 0.933 bits per heavy atom. The molecular formula is C37H32F2N2O4. The number of fused-ring (bicyclic) bond motifs is 1. The number of carboxylic acids is 1. The van der Waals surface area contributed by atoms with E-state index in [1.165, 1.54) is 24.3 Å². The summed E-state index contributed by atoms with van der Waals surface area (Å²) in [6.45, 7) is 0.241. The van der Waals surface area contributed by atoms with Crippen LogP contribution in [0.5, 0.6) is 5.75 Å². The Morgan fingerprint density at radius 3 is 2.22 bits per heavy atom. The average Bonchev–Trinajstić information content (AvgIpc) is 3.80. The number of para-hydroxylation sites is 2. The SMILES string of the molecule is O=C/C(Nc1ccccc1OCCCC(=O)O)=C(/c1ccc2c(ccn2C(c2ccc(F)cc2)c2ccc(F)cc2)c1)C1CC1. The Morgan fingerprint density at radius 2 is 1.60 bits per heavy atom. The van der Waals surface area contributed by atoms with Crippen LogP contribution in [-0.4, -0.2) is 28.5 Å². The number of aldehydes is 1. The maximum atomic E-state index is 13.8. The molecule has 0 aliphatic heterocycles. The van der Waals surface area contributed by atoms with Crippen LogP contribution >= 0.6 is 0 Å². The fourth-order valence-electron chi connectivity index (χ4n) is 5.75. The first-order valence-electron chi connectivity index (χ1n) is 14.9. The molecule has 0 unspecified atom stereocenters. The highest BCUT2D eigenvalue weighted by Gasteiger charge is 2.30. The molecule has 1 aliphatic rings. The van der Waals surface area contributed by atoms with E-state index in [1.54, 1.807) is 30.3 Å². The van der Waals surface area contributed by atoms with Crippen molar-refractivity contribution in [3.8, 4) is 5.75 Å². The predicted octanol–water partition coefficient (Wildman–Crippen LogP) is 8.23. The molecule has 228 valence electrons. The maximum absolute atomic E-state index is 13.8. The second kappa shape index (κ2) is 13.2. The van der Waals surface area contributed by atoms with Crippen LogP contribution < -0.4 is 10.1 Å². The van der Waals surface area contributed by atoms with E-state index < -0.39 is 5.97 Å². The first kappa shape index (κ1) is 29.8. The number of carboxylic acid groups (broad SMARTS) is 1.